The van der Waals surface area contributed by atoms with E-state index < -0.39 is 5.91 Å². The Morgan fingerprint density at radius 1 is 1.38 bits per heavy atom. The number of nitrogens with one attached hydrogen (secondary N) is 1. The van der Waals surface area contributed by atoms with Crippen LogP contribution in [0.4, 0.5) is 0 Å². The van der Waals surface area contributed by atoms with Gasteiger partial charge in [0.1, 0.15) is 5.76 Å². The fraction of sp³-hybridized carbons (Fsp3) is 0.421. The van der Waals surface area contributed by atoms with Crippen molar-refractivity contribution in [1.82, 2.24) is 9.63 Å². The second-order valence-corrected chi connectivity index (χ2v) is 6.89. The van der Waals surface area contributed by atoms with Crippen LogP contribution in [0.3, 0.4) is 0 Å². The number of carbonyl (C=O) groups excluding carboxylic acids is 1. The zero-order valence-corrected chi connectivity index (χ0v) is 15.2. The van der Waals surface area contributed by atoms with Crippen molar-refractivity contribution in [2.75, 3.05) is 6.61 Å². The molecule has 1 unspecified atom stereocenters. The molecule has 0 radical (unpaired) electrons. The van der Waals surface area contributed by atoms with Gasteiger partial charge in [-0.3, -0.25) is 10.2 Å². The average Bonchev–Trinajstić information content (AvgIpc) is 3.28. The van der Waals surface area contributed by atoms with E-state index in [2.05, 4.69) is 9.56 Å². The highest BCUT2D eigenvalue weighted by Gasteiger charge is 2.34. The van der Waals surface area contributed by atoms with Gasteiger partial charge in [-0.25, -0.2) is 0 Å². The zero-order chi connectivity index (χ0) is 18.4. The predicted molar refractivity (Wildman–Crippen MR) is 97.7 cm³/mol. The van der Waals surface area contributed by atoms with E-state index in [-0.39, 0.29) is 17.5 Å². The molecule has 1 aromatic rings. The number of carbonyl (C=O) groups is 1. The first-order valence-electron chi connectivity index (χ1n) is 8.82. The number of aryl methyl sites for hydroxylation is 1. The largest absolute Gasteiger partial charge is 0.376 e. The third kappa shape index (κ3) is 2.78. The van der Waals surface area contributed by atoms with Gasteiger partial charge in [-0.05, 0) is 51.3 Å². The summed E-state index contributed by atoms with van der Waals surface area (Å²) in [6.45, 7) is 7.48. The first-order chi connectivity index (χ1) is 12.4. The van der Waals surface area contributed by atoms with Gasteiger partial charge in [0.05, 0.1) is 11.7 Å². The maximum Gasteiger partial charge on any atom is 0.282 e. The first-order valence-corrected chi connectivity index (χ1v) is 8.82. The molecule has 1 fully saturated rings. The lowest BCUT2D eigenvalue weighted by atomic mass is 10.1. The summed E-state index contributed by atoms with van der Waals surface area (Å²) in [4.78, 5) is 21.9. The van der Waals surface area contributed by atoms with Crippen LogP contribution in [0.15, 0.2) is 28.5 Å². The third-order valence-electron chi connectivity index (χ3n) is 5.00. The minimum Gasteiger partial charge on any atom is -0.376 e. The molecule has 7 heteroatoms. The van der Waals surface area contributed by atoms with Crippen LogP contribution in [0.25, 0.3) is 6.08 Å². The van der Waals surface area contributed by atoms with Crippen LogP contribution < -0.4 is 0 Å². The Kier molecular flexibility index (Phi) is 4.03. The van der Waals surface area contributed by atoms with Crippen LogP contribution >= 0.6 is 0 Å². The van der Waals surface area contributed by atoms with Crippen LogP contribution in [0, 0.1) is 19.3 Å². The van der Waals surface area contributed by atoms with E-state index in [1.807, 2.05) is 19.9 Å². The number of rotatable bonds is 3. The molecule has 4 rings (SSSR count). The molecule has 136 valence electrons. The Morgan fingerprint density at radius 3 is 2.92 bits per heavy atom. The smallest absolute Gasteiger partial charge is 0.282 e. The van der Waals surface area contributed by atoms with Gasteiger partial charge in [-0.2, -0.15) is 4.99 Å². The lowest BCUT2D eigenvalue weighted by Crippen LogP contribution is -2.38. The number of aromatic nitrogens is 1. The van der Waals surface area contributed by atoms with E-state index in [0.717, 1.165) is 42.9 Å². The highest BCUT2D eigenvalue weighted by atomic mass is 16.7. The summed E-state index contributed by atoms with van der Waals surface area (Å²) in [7, 11) is 0. The molecule has 0 aliphatic carbocycles. The molecule has 1 N–H and O–H groups in total. The fourth-order valence-electron chi connectivity index (χ4n) is 3.60. The minimum atomic E-state index is -0.417. The number of ether oxygens (including phenoxy) is 1. The summed E-state index contributed by atoms with van der Waals surface area (Å²) >= 11 is 0. The molecule has 1 aromatic heterocycles. The Morgan fingerprint density at radius 2 is 2.19 bits per heavy atom. The summed E-state index contributed by atoms with van der Waals surface area (Å²) < 4.78 is 7.96. The molecular formula is C19H22N4O3. The predicted octanol–water partition coefficient (Wildman–Crippen LogP) is 2.73. The number of hydrogen-bond donors (Lipinski definition) is 1. The van der Waals surface area contributed by atoms with E-state index in [9.17, 15) is 4.79 Å². The maximum atomic E-state index is 12.4. The van der Waals surface area contributed by atoms with Gasteiger partial charge in [0.25, 0.3) is 5.91 Å². The second-order valence-electron chi connectivity index (χ2n) is 6.89. The molecule has 3 aliphatic heterocycles. The van der Waals surface area contributed by atoms with Crippen molar-refractivity contribution >= 4 is 23.7 Å². The number of fused-ring (bicyclic) bond motifs is 1. The molecule has 0 bridgehead atoms. The third-order valence-corrected chi connectivity index (χ3v) is 5.00. The quantitative estimate of drug-likeness (QED) is 0.847. The van der Waals surface area contributed by atoms with Gasteiger partial charge >= 0.3 is 0 Å². The standard InChI is InChI=1S/C19H22N4O3/c1-11-7-14(13(3)22(11)10-15-5-4-6-25-15)9-16-18(20)23-17(21-19(16)24)8-12(2)26-23/h7-9,15,20H,4-6,10H2,1-3H3. The number of nitrogens with zero attached hydrogens (tertiary/aromatic N) is 3. The molecular weight excluding hydrogens is 332 g/mol. The normalized spacial score (nSPS) is 24.0. The highest BCUT2D eigenvalue weighted by molar-refractivity contribution is 6.32. The van der Waals surface area contributed by atoms with E-state index >= 15 is 0 Å². The molecule has 0 aromatic carbocycles. The molecule has 0 saturated carbocycles. The topological polar surface area (TPSA) is 79.9 Å². The lowest BCUT2D eigenvalue weighted by molar-refractivity contribution is -0.114. The summed E-state index contributed by atoms with van der Waals surface area (Å²) in [5.74, 6) is 0.563. The van der Waals surface area contributed by atoms with E-state index in [0.29, 0.717) is 11.6 Å². The molecule has 1 amide bonds. The van der Waals surface area contributed by atoms with Crippen LogP contribution in [0.1, 0.15) is 36.7 Å². The van der Waals surface area contributed by atoms with Gasteiger partial charge in [-0.15, -0.1) is 5.06 Å². The van der Waals surface area contributed by atoms with E-state index in [4.69, 9.17) is 15.0 Å². The molecule has 1 saturated heterocycles. The minimum absolute atomic E-state index is 0.0111. The summed E-state index contributed by atoms with van der Waals surface area (Å²) in [6.07, 6.45) is 5.81. The van der Waals surface area contributed by atoms with Crippen LogP contribution in [-0.4, -0.2) is 39.9 Å². The van der Waals surface area contributed by atoms with Crippen molar-refractivity contribution in [3.63, 3.8) is 0 Å². The van der Waals surface area contributed by atoms with Crippen LogP contribution in [-0.2, 0) is 20.9 Å². The SMILES string of the molecule is CC1=CC2=NC(=O)C(=Cc3cc(C)n(CC4CCCO4)c3C)C(=N)N2O1. The zero-order valence-electron chi connectivity index (χ0n) is 15.2. The van der Waals surface area contributed by atoms with Crippen molar-refractivity contribution in [2.45, 2.75) is 46.3 Å². The Balaban J connectivity index is 1.64. The van der Waals surface area contributed by atoms with E-state index in [1.165, 1.54) is 5.06 Å². The van der Waals surface area contributed by atoms with Gasteiger partial charge < -0.3 is 14.1 Å². The van der Waals surface area contributed by atoms with Gasteiger partial charge in [0.2, 0.25) is 0 Å². The van der Waals surface area contributed by atoms with Crippen LogP contribution in [0.2, 0.25) is 0 Å². The molecule has 26 heavy (non-hydrogen) atoms. The Hall–Kier alpha value is -2.67. The molecule has 1 atom stereocenters. The molecule has 7 nitrogen and oxygen atoms in total. The van der Waals surface area contributed by atoms with Crippen LogP contribution in [0.5, 0.6) is 0 Å². The van der Waals surface area contributed by atoms with Crippen molar-refractivity contribution in [1.29, 1.82) is 5.41 Å². The maximum absolute atomic E-state index is 12.4. The van der Waals surface area contributed by atoms with Crippen molar-refractivity contribution in [2.24, 2.45) is 4.99 Å². The first kappa shape index (κ1) is 16.8. The van der Waals surface area contributed by atoms with Crippen molar-refractivity contribution < 1.29 is 14.4 Å². The number of aliphatic imine (C=N–C) groups is 1. The average molecular weight is 354 g/mol. The highest BCUT2D eigenvalue weighted by Crippen LogP contribution is 2.26. The molecule has 3 aliphatic rings. The summed E-state index contributed by atoms with van der Waals surface area (Å²) in [5, 5.41) is 9.61. The summed E-state index contributed by atoms with van der Waals surface area (Å²) in [5.41, 5.74) is 3.31. The number of allylic oxidation sites excluding steroid dienone is 1. The number of amides is 1. The Bertz CT molecular complexity index is 885. The van der Waals surface area contributed by atoms with Crippen molar-refractivity contribution in [3.8, 4) is 0 Å². The number of hydrogen-bond acceptors (Lipinski definition) is 4. The van der Waals surface area contributed by atoms with Crippen molar-refractivity contribution in [3.05, 3.63) is 40.4 Å². The van der Waals surface area contributed by atoms with Gasteiger partial charge in [0, 0.05) is 30.6 Å². The summed E-state index contributed by atoms with van der Waals surface area (Å²) in [6, 6.07) is 2.03. The monoisotopic (exact) mass is 354 g/mol. The lowest BCUT2D eigenvalue weighted by Gasteiger charge is -2.23. The van der Waals surface area contributed by atoms with Gasteiger partial charge in [0.15, 0.2) is 11.7 Å². The van der Waals surface area contributed by atoms with E-state index in [1.54, 1.807) is 19.1 Å². The molecule has 4 heterocycles. The fourth-order valence-corrected chi connectivity index (χ4v) is 3.60. The Labute approximate surface area is 152 Å². The number of amidine groups is 2. The number of hydroxylamine groups is 2. The second kappa shape index (κ2) is 6.25. The molecule has 0 spiro atoms. The van der Waals surface area contributed by atoms with Gasteiger partial charge in [-0.1, -0.05) is 0 Å².